The minimum Gasteiger partial charge on any atom is -0.490 e. The molecule has 1 saturated heterocycles. The van der Waals surface area contributed by atoms with Crippen molar-refractivity contribution in [3.05, 3.63) is 29.8 Å². The summed E-state index contributed by atoms with van der Waals surface area (Å²) in [5.41, 5.74) is 1.86. The third kappa shape index (κ3) is 7.52. The maximum Gasteiger partial charge on any atom is 0.305 e. The number of esters is 1. The molecule has 1 aromatic carbocycles. The normalized spacial score (nSPS) is 23.5. The summed E-state index contributed by atoms with van der Waals surface area (Å²) in [5.74, 6) is 2.42. The zero-order chi connectivity index (χ0) is 22.3. The van der Waals surface area contributed by atoms with Gasteiger partial charge in [-0.15, -0.1) is 0 Å². The maximum atomic E-state index is 11.5. The van der Waals surface area contributed by atoms with Crippen LogP contribution >= 0.6 is 0 Å². The Labute approximate surface area is 189 Å². The van der Waals surface area contributed by atoms with Crippen molar-refractivity contribution in [2.24, 2.45) is 11.3 Å². The first-order valence-corrected chi connectivity index (χ1v) is 12.5. The number of nitrogens with zero attached hydrogens (tertiary/aromatic N) is 1. The van der Waals surface area contributed by atoms with E-state index in [0.717, 1.165) is 37.7 Å². The third-order valence-corrected chi connectivity index (χ3v) is 7.30. The molecule has 4 heteroatoms. The number of carbonyl (C=O) groups is 1. The zero-order valence-electron chi connectivity index (χ0n) is 20.2. The summed E-state index contributed by atoms with van der Waals surface area (Å²) in [6.45, 7) is 12.7. The van der Waals surface area contributed by atoms with Crippen LogP contribution in [0.5, 0.6) is 5.75 Å². The Morgan fingerprint density at radius 1 is 1.00 bits per heavy atom. The van der Waals surface area contributed by atoms with Crippen molar-refractivity contribution in [3.8, 4) is 5.75 Å². The van der Waals surface area contributed by atoms with E-state index in [1.54, 1.807) is 0 Å². The van der Waals surface area contributed by atoms with Gasteiger partial charge in [-0.3, -0.25) is 4.79 Å². The van der Waals surface area contributed by atoms with E-state index in [4.69, 9.17) is 9.47 Å². The molecule has 0 aromatic heterocycles. The minimum absolute atomic E-state index is 0.0676. The molecule has 1 aromatic rings. The highest BCUT2D eigenvalue weighted by molar-refractivity contribution is 5.69. The number of hydrogen-bond acceptors (Lipinski definition) is 4. The molecule has 4 nitrogen and oxygen atoms in total. The Morgan fingerprint density at radius 2 is 1.65 bits per heavy atom. The number of carbonyl (C=O) groups excluding carboxylic acids is 1. The van der Waals surface area contributed by atoms with E-state index in [9.17, 15) is 4.79 Å². The third-order valence-electron chi connectivity index (χ3n) is 7.30. The fourth-order valence-electron chi connectivity index (χ4n) is 5.23. The fourth-order valence-corrected chi connectivity index (χ4v) is 5.23. The first-order valence-electron chi connectivity index (χ1n) is 12.5. The summed E-state index contributed by atoms with van der Waals surface area (Å²) in [6, 6.07) is 8.90. The molecule has 0 bridgehead atoms. The Balaban J connectivity index is 1.38. The predicted molar refractivity (Wildman–Crippen MR) is 127 cm³/mol. The number of likely N-dealkylation sites (tertiary alicyclic amines) is 1. The molecule has 3 rings (SSSR count). The molecule has 174 valence electrons. The quantitative estimate of drug-likeness (QED) is 0.462. The average Bonchev–Trinajstić information content (AvgIpc) is 2.75. The van der Waals surface area contributed by atoms with Gasteiger partial charge in [0.1, 0.15) is 5.75 Å². The summed E-state index contributed by atoms with van der Waals surface area (Å²) in [4.78, 5) is 14.0. The van der Waals surface area contributed by atoms with Gasteiger partial charge in [0.2, 0.25) is 0 Å². The second kappa shape index (κ2) is 11.4. The van der Waals surface area contributed by atoms with Crippen LogP contribution in [-0.2, 0) is 9.53 Å². The molecule has 0 N–H and O–H groups in total. The lowest BCUT2D eigenvalue weighted by atomic mass is 9.72. The summed E-state index contributed by atoms with van der Waals surface area (Å²) >= 11 is 0. The molecule has 0 unspecified atom stereocenters. The Morgan fingerprint density at radius 3 is 2.23 bits per heavy atom. The van der Waals surface area contributed by atoms with Crippen molar-refractivity contribution < 1.29 is 14.3 Å². The Bertz CT molecular complexity index is 663. The second-order valence-electron chi connectivity index (χ2n) is 10.6. The van der Waals surface area contributed by atoms with Crippen LogP contribution in [-0.4, -0.2) is 43.2 Å². The summed E-state index contributed by atoms with van der Waals surface area (Å²) in [6.07, 6.45) is 9.11. The van der Waals surface area contributed by atoms with Crippen LogP contribution in [0.3, 0.4) is 0 Å². The summed E-state index contributed by atoms with van der Waals surface area (Å²) in [5, 5.41) is 0. The lowest BCUT2D eigenvalue weighted by Crippen LogP contribution is -2.34. The molecular weight excluding hydrogens is 386 g/mol. The summed E-state index contributed by atoms with van der Waals surface area (Å²) < 4.78 is 11.3. The van der Waals surface area contributed by atoms with Crippen LogP contribution in [0.4, 0.5) is 0 Å². The molecule has 0 radical (unpaired) electrons. The molecule has 31 heavy (non-hydrogen) atoms. The van der Waals surface area contributed by atoms with Crippen molar-refractivity contribution in [1.29, 1.82) is 0 Å². The van der Waals surface area contributed by atoms with Crippen molar-refractivity contribution in [1.82, 2.24) is 4.90 Å². The van der Waals surface area contributed by atoms with E-state index in [-0.39, 0.29) is 5.97 Å². The van der Waals surface area contributed by atoms with Gasteiger partial charge in [-0.2, -0.15) is 0 Å². The van der Waals surface area contributed by atoms with Crippen LogP contribution in [0.25, 0.3) is 0 Å². The topological polar surface area (TPSA) is 38.8 Å². The molecule has 1 heterocycles. The van der Waals surface area contributed by atoms with Crippen LogP contribution in [0, 0.1) is 11.3 Å². The number of ether oxygens (including phenoxy) is 2. The highest BCUT2D eigenvalue weighted by Crippen LogP contribution is 2.39. The van der Waals surface area contributed by atoms with Crippen LogP contribution in [0.15, 0.2) is 24.3 Å². The van der Waals surface area contributed by atoms with Gasteiger partial charge in [-0.05, 0) is 106 Å². The highest BCUT2D eigenvalue weighted by Gasteiger charge is 2.30. The number of rotatable bonds is 8. The molecule has 0 atom stereocenters. The number of benzene rings is 1. The summed E-state index contributed by atoms with van der Waals surface area (Å²) in [7, 11) is 0. The van der Waals surface area contributed by atoms with E-state index < -0.39 is 0 Å². The van der Waals surface area contributed by atoms with Gasteiger partial charge < -0.3 is 14.4 Å². The lowest BCUT2D eigenvalue weighted by Gasteiger charge is -2.37. The molecule has 0 amide bonds. The SMILES string of the molecule is CCOC(=O)CCCN1CCC(c2ccc(OC3CCC(C(C)(C)C)CC3)cc2)CC1. The lowest BCUT2D eigenvalue weighted by molar-refractivity contribution is -0.143. The van der Waals surface area contributed by atoms with Gasteiger partial charge in [0.25, 0.3) is 0 Å². The predicted octanol–water partition coefficient (Wildman–Crippen LogP) is 6.19. The van der Waals surface area contributed by atoms with Crippen LogP contribution in [0.2, 0.25) is 0 Å². The molecular formula is C27H43NO3. The second-order valence-corrected chi connectivity index (χ2v) is 10.6. The Kier molecular flexibility index (Phi) is 8.83. The first-order chi connectivity index (χ1) is 14.8. The van der Waals surface area contributed by atoms with Gasteiger partial charge >= 0.3 is 5.97 Å². The van der Waals surface area contributed by atoms with E-state index in [2.05, 4.69) is 49.9 Å². The number of piperidine rings is 1. The van der Waals surface area contributed by atoms with Gasteiger partial charge in [0, 0.05) is 6.42 Å². The largest absolute Gasteiger partial charge is 0.490 e. The molecule has 2 fully saturated rings. The van der Waals surface area contributed by atoms with Gasteiger partial charge in [0.05, 0.1) is 12.7 Å². The molecule has 1 aliphatic heterocycles. The smallest absolute Gasteiger partial charge is 0.305 e. The van der Waals surface area contributed by atoms with Crippen molar-refractivity contribution >= 4 is 5.97 Å². The highest BCUT2D eigenvalue weighted by atomic mass is 16.5. The average molecular weight is 430 g/mol. The van der Waals surface area contributed by atoms with Crippen molar-refractivity contribution in [2.75, 3.05) is 26.2 Å². The van der Waals surface area contributed by atoms with Crippen LogP contribution in [0.1, 0.15) is 90.5 Å². The van der Waals surface area contributed by atoms with E-state index in [0.29, 0.717) is 30.5 Å². The van der Waals surface area contributed by atoms with Crippen LogP contribution < -0.4 is 4.74 Å². The molecule has 2 aliphatic rings. The Hall–Kier alpha value is -1.55. The monoisotopic (exact) mass is 429 g/mol. The van der Waals surface area contributed by atoms with Crippen molar-refractivity contribution in [2.45, 2.75) is 91.1 Å². The minimum atomic E-state index is -0.0676. The molecule has 1 saturated carbocycles. The van der Waals surface area contributed by atoms with Gasteiger partial charge in [0.15, 0.2) is 0 Å². The maximum absolute atomic E-state index is 11.5. The first kappa shape index (κ1) is 24.1. The zero-order valence-corrected chi connectivity index (χ0v) is 20.2. The fraction of sp³-hybridized carbons (Fsp3) is 0.741. The number of hydrogen-bond donors (Lipinski definition) is 0. The molecule has 1 aliphatic carbocycles. The van der Waals surface area contributed by atoms with Gasteiger partial charge in [-0.1, -0.05) is 32.9 Å². The van der Waals surface area contributed by atoms with E-state index in [1.807, 2.05) is 6.92 Å². The standard InChI is InChI=1S/C27H43NO3/c1-5-30-26(29)7-6-18-28-19-16-22(17-20-28)21-8-12-24(13-9-21)31-25-14-10-23(11-15-25)27(2,3)4/h8-9,12-13,22-23,25H,5-7,10-11,14-20H2,1-4H3. The van der Waals surface area contributed by atoms with Gasteiger partial charge in [-0.25, -0.2) is 0 Å². The van der Waals surface area contributed by atoms with Crippen molar-refractivity contribution in [3.63, 3.8) is 0 Å². The van der Waals surface area contributed by atoms with E-state index in [1.165, 1.54) is 44.1 Å². The van der Waals surface area contributed by atoms with E-state index >= 15 is 0 Å². The molecule has 0 spiro atoms.